The normalized spacial score (nSPS) is 18.4. The van der Waals surface area contributed by atoms with Crippen molar-refractivity contribution in [2.24, 2.45) is 5.73 Å². The third-order valence-corrected chi connectivity index (χ3v) is 5.15. The summed E-state index contributed by atoms with van der Waals surface area (Å²) in [7, 11) is 0. The summed E-state index contributed by atoms with van der Waals surface area (Å²) >= 11 is 0. The summed E-state index contributed by atoms with van der Waals surface area (Å²) < 4.78 is 12.0. The molecule has 0 fully saturated rings. The highest BCUT2D eigenvalue weighted by atomic mass is 35.5. The van der Waals surface area contributed by atoms with Crippen molar-refractivity contribution in [2.75, 3.05) is 0 Å². The molecule has 0 saturated heterocycles. The van der Waals surface area contributed by atoms with Crippen LogP contribution in [0.1, 0.15) is 32.6 Å². The van der Waals surface area contributed by atoms with Gasteiger partial charge in [-0.1, -0.05) is 18.2 Å². The van der Waals surface area contributed by atoms with Gasteiger partial charge in [-0.2, -0.15) is 0 Å². The predicted octanol–water partition coefficient (Wildman–Crippen LogP) is 3.55. The predicted molar refractivity (Wildman–Crippen MR) is 103 cm³/mol. The monoisotopic (exact) mass is 397 g/mol. The minimum Gasteiger partial charge on any atom is -0.508 e. The number of hydrogen-bond donors (Lipinski definition) is 3. The summed E-state index contributed by atoms with van der Waals surface area (Å²) in [6.07, 6.45) is 0. The van der Waals surface area contributed by atoms with Gasteiger partial charge in [0.05, 0.1) is 11.1 Å². The molecule has 2 aliphatic rings. The van der Waals surface area contributed by atoms with Gasteiger partial charge in [-0.25, -0.2) is 4.79 Å². The number of carbonyl (C=O) groups excluding carboxylic acids is 1. The first kappa shape index (κ1) is 18.2. The number of esters is 1. The van der Waals surface area contributed by atoms with Crippen LogP contribution in [0.3, 0.4) is 0 Å². The molecule has 1 spiro atoms. The molecule has 1 atom stereocenters. The van der Waals surface area contributed by atoms with Crippen LogP contribution >= 0.6 is 12.4 Å². The van der Waals surface area contributed by atoms with Crippen LogP contribution in [-0.2, 0) is 16.9 Å². The van der Waals surface area contributed by atoms with E-state index < -0.39 is 11.6 Å². The lowest BCUT2D eigenvalue weighted by Gasteiger charge is -2.37. The molecule has 4 N–H and O–H groups in total. The molecule has 2 aliphatic heterocycles. The Bertz CT molecular complexity index is 1130. The lowest BCUT2D eigenvalue weighted by atomic mass is 9.77. The number of aromatic hydroxyl groups is 2. The number of hydrogen-bond acceptors (Lipinski definition) is 6. The largest absolute Gasteiger partial charge is 0.508 e. The molecule has 0 aromatic heterocycles. The second kappa shape index (κ2) is 6.15. The van der Waals surface area contributed by atoms with E-state index in [1.807, 2.05) is 12.1 Å². The SMILES string of the molecule is Cl.NCc1c(O)ccc2c1Oc1cc(O)ccc1C21OC(=O)c2ccccc21. The molecule has 6 nitrogen and oxygen atoms in total. The van der Waals surface area contributed by atoms with Crippen molar-refractivity contribution in [3.05, 3.63) is 82.4 Å². The standard InChI is InChI=1S/C21H15NO5.ClH/c22-10-13-17(24)8-7-16-19(13)26-18-9-11(23)5-6-15(18)21(16)14-4-2-1-3-12(14)20(25)27-21;/h1-9,23-24H,10,22H2;1H. The minimum atomic E-state index is -1.23. The van der Waals surface area contributed by atoms with E-state index in [2.05, 4.69) is 0 Å². The first-order valence-electron chi connectivity index (χ1n) is 8.46. The molecule has 3 aromatic rings. The van der Waals surface area contributed by atoms with Crippen LogP contribution in [0.4, 0.5) is 0 Å². The number of rotatable bonds is 1. The Morgan fingerprint density at radius 1 is 0.964 bits per heavy atom. The Morgan fingerprint density at radius 2 is 1.71 bits per heavy atom. The van der Waals surface area contributed by atoms with Crippen LogP contribution in [0.2, 0.25) is 0 Å². The highest BCUT2D eigenvalue weighted by Gasteiger charge is 2.54. The van der Waals surface area contributed by atoms with Crippen molar-refractivity contribution in [3.63, 3.8) is 0 Å². The summed E-state index contributed by atoms with van der Waals surface area (Å²) in [5, 5.41) is 20.2. The Morgan fingerprint density at radius 3 is 2.50 bits per heavy atom. The van der Waals surface area contributed by atoms with Crippen molar-refractivity contribution in [2.45, 2.75) is 12.1 Å². The van der Waals surface area contributed by atoms with E-state index in [1.165, 1.54) is 18.2 Å². The van der Waals surface area contributed by atoms with Gasteiger partial charge in [0.2, 0.25) is 0 Å². The van der Waals surface area contributed by atoms with Gasteiger partial charge >= 0.3 is 5.97 Å². The first-order chi connectivity index (χ1) is 13.1. The zero-order valence-electron chi connectivity index (χ0n) is 14.5. The molecule has 0 aliphatic carbocycles. The summed E-state index contributed by atoms with van der Waals surface area (Å²) in [5.41, 5.74) is 7.33. The van der Waals surface area contributed by atoms with Crippen molar-refractivity contribution in [1.29, 1.82) is 0 Å². The van der Waals surface area contributed by atoms with Gasteiger partial charge in [0.15, 0.2) is 5.60 Å². The van der Waals surface area contributed by atoms with E-state index in [0.717, 1.165) is 0 Å². The number of halogens is 1. The fourth-order valence-electron chi connectivity index (χ4n) is 3.97. The third kappa shape index (κ3) is 2.16. The van der Waals surface area contributed by atoms with E-state index in [0.29, 0.717) is 39.3 Å². The quantitative estimate of drug-likeness (QED) is 0.543. The van der Waals surface area contributed by atoms with Crippen molar-refractivity contribution < 1.29 is 24.5 Å². The van der Waals surface area contributed by atoms with Crippen LogP contribution in [0.5, 0.6) is 23.0 Å². The molecule has 5 rings (SSSR count). The molecule has 0 bridgehead atoms. The average Bonchev–Trinajstić information content (AvgIpc) is 2.95. The zero-order chi connectivity index (χ0) is 18.8. The van der Waals surface area contributed by atoms with Gasteiger partial charge in [0, 0.05) is 29.3 Å². The van der Waals surface area contributed by atoms with Crippen LogP contribution < -0.4 is 10.5 Å². The molecule has 28 heavy (non-hydrogen) atoms. The lowest BCUT2D eigenvalue weighted by molar-refractivity contribution is 0.0223. The number of phenolic OH excluding ortho intramolecular Hbond substituents is 2. The molecule has 2 heterocycles. The van der Waals surface area contributed by atoms with Gasteiger partial charge in [0.25, 0.3) is 0 Å². The average molecular weight is 398 g/mol. The molecule has 0 radical (unpaired) electrons. The summed E-state index contributed by atoms with van der Waals surface area (Å²) in [6, 6.07) is 15.0. The fraction of sp³-hybridized carbons (Fsp3) is 0.0952. The van der Waals surface area contributed by atoms with Gasteiger partial charge in [-0.05, 0) is 30.3 Å². The van der Waals surface area contributed by atoms with Gasteiger partial charge in [-0.15, -0.1) is 12.4 Å². The number of nitrogens with two attached hydrogens (primary N) is 1. The maximum atomic E-state index is 12.7. The second-order valence-electron chi connectivity index (χ2n) is 6.54. The Kier molecular flexibility index (Phi) is 3.99. The maximum absolute atomic E-state index is 12.7. The highest BCUT2D eigenvalue weighted by molar-refractivity contribution is 5.97. The minimum absolute atomic E-state index is 0. The van der Waals surface area contributed by atoms with Gasteiger partial charge < -0.3 is 25.4 Å². The van der Waals surface area contributed by atoms with E-state index in [-0.39, 0.29) is 30.5 Å². The molecule has 0 saturated carbocycles. The van der Waals surface area contributed by atoms with E-state index in [9.17, 15) is 15.0 Å². The summed E-state index contributed by atoms with van der Waals surface area (Å²) in [4.78, 5) is 12.7. The maximum Gasteiger partial charge on any atom is 0.340 e. The molecule has 142 valence electrons. The Hall–Kier alpha value is -3.22. The summed E-state index contributed by atoms with van der Waals surface area (Å²) in [5.74, 6) is 0.235. The number of ether oxygens (including phenoxy) is 2. The molecule has 1 unspecified atom stereocenters. The van der Waals surface area contributed by atoms with Crippen molar-refractivity contribution >= 4 is 18.4 Å². The lowest BCUT2D eigenvalue weighted by Crippen LogP contribution is -2.33. The van der Waals surface area contributed by atoms with Crippen LogP contribution in [-0.4, -0.2) is 16.2 Å². The van der Waals surface area contributed by atoms with Crippen molar-refractivity contribution in [1.82, 2.24) is 0 Å². The zero-order valence-corrected chi connectivity index (χ0v) is 15.3. The topological polar surface area (TPSA) is 102 Å². The molecule has 7 heteroatoms. The Labute approximate surface area is 166 Å². The van der Waals surface area contributed by atoms with Crippen LogP contribution in [0.25, 0.3) is 0 Å². The highest BCUT2D eigenvalue weighted by Crippen LogP contribution is 2.57. The fourth-order valence-corrected chi connectivity index (χ4v) is 3.97. The third-order valence-electron chi connectivity index (χ3n) is 5.15. The van der Waals surface area contributed by atoms with Crippen molar-refractivity contribution in [3.8, 4) is 23.0 Å². The Balaban J connectivity index is 0.00000192. The molecular weight excluding hydrogens is 382 g/mol. The molecule has 3 aromatic carbocycles. The van der Waals surface area contributed by atoms with E-state index in [1.54, 1.807) is 24.3 Å². The summed E-state index contributed by atoms with van der Waals surface area (Å²) in [6.45, 7) is 0.0365. The number of carbonyl (C=O) groups is 1. The smallest absolute Gasteiger partial charge is 0.340 e. The molecule has 0 amide bonds. The number of benzene rings is 3. The first-order valence-corrected chi connectivity index (χ1v) is 8.46. The van der Waals surface area contributed by atoms with E-state index >= 15 is 0 Å². The molecular formula is C21H16ClNO5. The van der Waals surface area contributed by atoms with Crippen LogP contribution in [0, 0.1) is 0 Å². The van der Waals surface area contributed by atoms with Gasteiger partial charge in [-0.3, -0.25) is 0 Å². The van der Waals surface area contributed by atoms with E-state index in [4.69, 9.17) is 15.2 Å². The van der Waals surface area contributed by atoms with Gasteiger partial charge in [0.1, 0.15) is 23.0 Å². The number of phenols is 2. The van der Waals surface area contributed by atoms with Crippen LogP contribution in [0.15, 0.2) is 54.6 Å². The second-order valence-corrected chi connectivity index (χ2v) is 6.54. The number of fused-ring (bicyclic) bond motifs is 6.